The van der Waals surface area contributed by atoms with Gasteiger partial charge in [-0.05, 0) is 37.0 Å². The van der Waals surface area contributed by atoms with Crippen LogP contribution in [0.25, 0.3) is 0 Å². The van der Waals surface area contributed by atoms with Crippen molar-refractivity contribution in [1.29, 1.82) is 0 Å². The molecule has 1 heterocycles. The molecule has 0 radical (unpaired) electrons. The highest BCUT2D eigenvalue weighted by atomic mass is 16.5. The highest BCUT2D eigenvalue weighted by Crippen LogP contribution is 2.54. The first-order valence-electron chi connectivity index (χ1n) is 6.23. The van der Waals surface area contributed by atoms with E-state index in [2.05, 4.69) is 37.8 Å². The van der Waals surface area contributed by atoms with Crippen LogP contribution in [0.4, 0.5) is 0 Å². The second-order valence-corrected chi connectivity index (χ2v) is 5.98. The summed E-state index contributed by atoms with van der Waals surface area (Å²) < 4.78 is 5.35. The summed E-state index contributed by atoms with van der Waals surface area (Å²) in [5.74, 6) is 3.50. The van der Waals surface area contributed by atoms with Gasteiger partial charge in [0.05, 0.1) is 0 Å². The van der Waals surface area contributed by atoms with Crippen molar-refractivity contribution < 1.29 is 4.52 Å². The fraction of sp³-hybridized carbons (Fsp3) is 0.846. The molecule has 1 aliphatic carbocycles. The third-order valence-electron chi connectivity index (χ3n) is 4.27. The molecule has 0 saturated heterocycles. The smallest absolute Gasteiger partial charge is 0.230 e. The molecule has 1 fully saturated rings. The van der Waals surface area contributed by atoms with Crippen LogP contribution in [0.3, 0.4) is 0 Å². The molecule has 0 bridgehead atoms. The van der Waals surface area contributed by atoms with Gasteiger partial charge < -0.3 is 4.52 Å². The maximum Gasteiger partial charge on any atom is 0.230 e. The van der Waals surface area contributed by atoms with Crippen molar-refractivity contribution in [3.63, 3.8) is 0 Å². The Hall–Kier alpha value is -0.860. The molecule has 1 aliphatic rings. The van der Waals surface area contributed by atoms with Gasteiger partial charge in [0.1, 0.15) is 0 Å². The van der Waals surface area contributed by atoms with Crippen LogP contribution in [-0.4, -0.2) is 10.1 Å². The Kier molecular flexibility index (Phi) is 2.81. The molecule has 1 aromatic rings. The standard InChI is InChI=1S/C13H22N2O/c1-8(2)10-6-7-11(13(10,4)5)12-14-9(3)15-16-12/h8,10-11H,6-7H2,1-5H3. The van der Waals surface area contributed by atoms with Gasteiger partial charge in [-0.15, -0.1) is 0 Å². The first kappa shape index (κ1) is 11.6. The molecular weight excluding hydrogens is 200 g/mol. The zero-order valence-corrected chi connectivity index (χ0v) is 10.9. The van der Waals surface area contributed by atoms with Crippen molar-refractivity contribution >= 4 is 0 Å². The first-order chi connectivity index (χ1) is 7.43. The van der Waals surface area contributed by atoms with Gasteiger partial charge in [-0.3, -0.25) is 0 Å². The van der Waals surface area contributed by atoms with Crippen LogP contribution < -0.4 is 0 Å². The molecule has 0 aliphatic heterocycles. The SMILES string of the molecule is Cc1noc(C2CCC(C(C)C)C2(C)C)n1. The predicted molar refractivity (Wildman–Crippen MR) is 63.1 cm³/mol. The van der Waals surface area contributed by atoms with Crippen molar-refractivity contribution in [2.24, 2.45) is 17.3 Å². The lowest BCUT2D eigenvalue weighted by atomic mass is 9.71. The molecule has 3 heteroatoms. The summed E-state index contributed by atoms with van der Waals surface area (Å²) in [6.45, 7) is 11.2. The molecule has 3 nitrogen and oxygen atoms in total. The van der Waals surface area contributed by atoms with E-state index in [1.807, 2.05) is 6.92 Å². The highest BCUT2D eigenvalue weighted by Gasteiger charge is 2.47. The zero-order valence-electron chi connectivity index (χ0n) is 10.9. The van der Waals surface area contributed by atoms with E-state index in [1.165, 1.54) is 12.8 Å². The van der Waals surface area contributed by atoms with E-state index in [4.69, 9.17) is 4.52 Å². The lowest BCUT2D eigenvalue weighted by Gasteiger charge is -2.33. The maximum absolute atomic E-state index is 5.35. The molecule has 90 valence electrons. The molecule has 2 atom stereocenters. The topological polar surface area (TPSA) is 38.9 Å². The normalized spacial score (nSPS) is 28.9. The van der Waals surface area contributed by atoms with Gasteiger partial charge in [0.25, 0.3) is 0 Å². The molecule has 0 spiro atoms. The van der Waals surface area contributed by atoms with E-state index >= 15 is 0 Å². The van der Waals surface area contributed by atoms with Crippen molar-refractivity contribution in [1.82, 2.24) is 10.1 Å². The Bertz CT molecular complexity index is 368. The van der Waals surface area contributed by atoms with Crippen LogP contribution in [0.5, 0.6) is 0 Å². The molecule has 0 N–H and O–H groups in total. The molecule has 2 rings (SSSR count). The average molecular weight is 222 g/mol. The van der Waals surface area contributed by atoms with Crippen molar-refractivity contribution in [3.05, 3.63) is 11.7 Å². The van der Waals surface area contributed by atoms with Crippen molar-refractivity contribution in [2.45, 2.75) is 53.4 Å². The first-order valence-corrected chi connectivity index (χ1v) is 6.23. The Morgan fingerprint density at radius 2 is 2.00 bits per heavy atom. The van der Waals surface area contributed by atoms with Crippen LogP contribution in [0, 0.1) is 24.2 Å². The summed E-state index contributed by atoms with van der Waals surface area (Å²) in [5.41, 5.74) is 0.271. The minimum atomic E-state index is 0.271. The lowest BCUT2D eigenvalue weighted by molar-refractivity contribution is 0.160. The number of hydrogen-bond donors (Lipinski definition) is 0. The van der Waals surface area contributed by atoms with Gasteiger partial charge in [-0.1, -0.05) is 32.9 Å². The van der Waals surface area contributed by atoms with E-state index in [-0.39, 0.29) is 5.41 Å². The summed E-state index contributed by atoms with van der Waals surface area (Å²) in [6, 6.07) is 0. The summed E-state index contributed by atoms with van der Waals surface area (Å²) >= 11 is 0. The van der Waals surface area contributed by atoms with E-state index < -0.39 is 0 Å². The van der Waals surface area contributed by atoms with E-state index in [1.54, 1.807) is 0 Å². The summed E-state index contributed by atoms with van der Waals surface area (Å²) in [4.78, 5) is 4.40. The quantitative estimate of drug-likeness (QED) is 0.768. The average Bonchev–Trinajstić information content (AvgIpc) is 2.68. The van der Waals surface area contributed by atoms with Gasteiger partial charge in [-0.2, -0.15) is 4.98 Å². The predicted octanol–water partition coefficient (Wildman–Crippen LogP) is 3.55. The van der Waals surface area contributed by atoms with Crippen molar-refractivity contribution in [2.75, 3.05) is 0 Å². The van der Waals surface area contributed by atoms with Gasteiger partial charge >= 0.3 is 0 Å². The number of nitrogens with zero attached hydrogens (tertiary/aromatic N) is 2. The highest BCUT2D eigenvalue weighted by molar-refractivity contribution is 5.07. The van der Waals surface area contributed by atoms with E-state index in [0.29, 0.717) is 5.92 Å². The lowest BCUT2D eigenvalue weighted by Crippen LogP contribution is -2.27. The van der Waals surface area contributed by atoms with E-state index in [0.717, 1.165) is 23.6 Å². The Balaban J connectivity index is 2.25. The van der Waals surface area contributed by atoms with Crippen molar-refractivity contribution in [3.8, 4) is 0 Å². The number of aromatic nitrogens is 2. The van der Waals surface area contributed by atoms with Crippen LogP contribution in [0.15, 0.2) is 4.52 Å². The molecule has 2 unspecified atom stereocenters. The second-order valence-electron chi connectivity index (χ2n) is 5.98. The number of hydrogen-bond acceptors (Lipinski definition) is 3. The number of rotatable bonds is 2. The molecule has 1 saturated carbocycles. The zero-order chi connectivity index (χ0) is 11.9. The molecule has 0 amide bonds. The van der Waals surface area contributed by atoms with Crippen LogP contribution in [0.2, 0.25) is 0 Å². The van der Waals surface area contributed by atoms with E-state index in [9.17, 15) is 0 Å². The summed E-state index contributed by atoms with van der Waals surface area (Å²) in [6.07, 6.45) is 2.45. The summed E-state index contributed by atoms with van der Waals surface area (Å²) in [5, 5.41) is 3.91. The Morgan fingerprint density at radius 3 is 2.44 bits per heavy atom. The Morgan fingerprint density at radius 1 is 1.31 bits per heavy atom. The fourth-order valence-electron chi connectivity index (χ4n) is 3.44. The monoisotopic (exact) mass is 222 g/mol. The molecule has 1 aromatic heterocycles. The van der Waals surface area contributed by atoms with Gasteiger partial charge in [0, 0.05) is 5.92 Å². The molecular formula is C13H22N2O. The number of aryl methyl sites for hydroxylation is 1. The van der Waals surface area contributed by atoms with Gasteiger partial charge in [-0.25, -0.2) is 0 Å². The van der Waals surface area contributed by atoms with Crippen LogP contribution >= 0.6 is 0 Å². The second kappa shape index (κ2) is 3.86. The maximum atomic E-state index is 5.35. The van der Waals surface area contributed by atoms with Gasteiger partial charge in [0.2, 0.25) is 5.89 Å². The fourth-order valence-corrected chi connectivity index (χ4v) is 3.44. The Labute approximate surface area is 97.6 Å². The molecule has 16 heavy (non-hydrogen) atoms. The summed E-state index contributed by atoms with van der Waals surface area (Å²) in [7, 11) is 0. The largest absolute Gasteiger partial charge is 0.339 e. The van der Waals surface area contributed by atoms with Crippen LogP contribution in [-0.2, 0) is 0 Å². The third kappa shape index (κ3) is 1.76. The third-order valence-corrected chi connectivity index (χ3v) is 4.27. The van der Waals surface area contributed by atoms with Crippen LogP contribution in [0.1, 0.15) is 58.2 Å². The molecule has 0 aromatic carbocycles. The van der Waals surface area contributed by atoms with Gasteiger partial charge in [0.15, 0.2) is 5.82 Å². The minimum absolute atomic E-state index is 0.271. The minimum Gasteiger partial charge on any atom is -0.339 e.